The number of aliphatic hydroxyl groups is 1. The molecule has 2 aliphatic carbocycles. The molecule has 12 rings (SSSR count). The fraction of sp³-hybridized carbons (Fsp3) is 0.402. The predicted octanol–water partition coefficient (Wildman–Crippen LogP) is 18.6. The van der Waals surface area contributed by atoms with Crippen LogP contribution in [0.25, 0.3) is 0 Å². The van der Waals surface area contributed by atoms with E-state index in [0.29, 0.717) is 75.3 Å². The number of pyridine rings is 6. The van der Waals surface area contributed by atoms with Gasteiger partial charge >= 0.3 is 12.1 Å². The van der Waals surface area contributed by atoms with Crippen molar-refractivity contribution < 1.29 is 34.1 Å². The number of ether oxygens (including phenoxy) is 1. The largest absolute Gasteiger partial charge is 0.478 e. The number of nitrogens with one attached hydrogen (secondary N) is 1. The molecule has 6 aromatic heterocycles. The Morgan fingerprint density at radius 1 is 0.537 bits per heavy atom. The zero-order valence-electron chi connectivity index (χ0n) is 64.0. The van der Waals surface area contributed by atoms with Crippen molar-refractivity contribution in [3.8, 4) is 0 Å². The first-order chi connectivity index (χ1) is 51.2. The van der Waals surface area contributed by atoms with Crippen LogP contribution in [0.15, 0.2) is 183 Å². The lowest BCUT2D eigenvalue weighted by Crippen LogP contribution is -2.46. The van der Waals surface area contributed by atoms with Crippen LogP contribution >= 0.6 is 48.3 Å². The lowest BCUT2D eigenvalue weighted by atomic mass is 9.85. The fourth-order valence-electron chi connectivity index (χ4n) is 14.8. The van der Waals surface area contributed by atoms with E-state index in [0.717, 1.165) is 96.0 Å². The van der Waals surface area contributed by atoms with Gasteiger partial charge in [-0.25, -0.2) is 24.5 Å². The third-order valence-electron chi connectivity index (χ3n) is 20.7. The molecule has 1 unspecified atom stereocenters. The Morgan fingerprint density at radius 3 is 1.37 bits per heavy atom. The minimum absolute atomic E-state index is 0. The van der Waals surface area contributed by atoms with E-state index in [4.69, 9.17) is 44.6 Å². The summed E-state index contributed by atoms with van der Waals surface area (Å²) in [6.45, 7) is 17.9. The van der Waals surface area contributed by atoms with Gasteiger partial charge in [0.1, 0.15) is 21.1 Å². The number of hydrogen-bond acceptors (Lipinski definition) is 13. The first-order valence-electron chi connectivity index (χ1n) is 37.1. The Morgan fingerprint density at radius 2 is 0.944 bits per heavy atom. The highest BCUT2D eigenvalue weighted by Gasteiger charge is 2.42. The van der Waals surface area contributed by atoms with Gasteiger partial charge in [-0.1, -0.05) is 115 Å². The minimum Gasteiger partial charge on any atom is -0.478 e. The van der Waals surface area contributed by atoms with E-state index in [-0.39, 0.29) is 55.3 Å². The molecule has 3 fully saturated rings. The highest BCUT2D eigenvalue weighted by Crippen LogP contribution is 2.44. The van der Waals surface area contributed by atoms with Crippen LogP contribution in [0.1, 0.15) is 202 Å². The molecule has 9 atom stereocenters. The average Bonchev–Trinajstić information content (AvgIpc) is 1.63. The number of aromatic nitrogens is 6. The van der Waals surface area contributed by atoms with Crippen LogP contribution in [0.5, 0.6) is 0 Å². The lowest BCUT2D eigenvalue weighted by molar-refractivity contribution is 0.0126. The maximum absolute atomic E-state index is 13.5. The number of hydrogen-bond donors (Lipinski definition) is 3. The van der Waals surface area contributed by atoms with Crippen molar-refractivity contribution in [2.24, 2.45) is 23.7 Å². The average molecular weight is 1540 g/mol. The maximum Gasteiger partial charge on any atom is 0.410 e. The van der Waals surface area contributed by atoms with E-state index in [1.807, 2.05) is 170 Å². The highest BCUT2D eigenvalue weighted by atomic mass is 35.5. The second-order valence-electron chi connectivity index (χ2n) is 30.2. The Bertz CT molecular complexity index is 4360. The lowest BCUT2D eigenvalue weighted by Gasteiger charge is -2.35. The standard InChI is InChI=1S/C32H39ClN4O3.C27H30ClN3O2.C21H24ClNO2.C7H10N2.H2S/c1-21-16-26(19-35-29(21)33)22(2)28-14-13-27(37(28)31(39)40-32(3,4)5)17-23-9-11-25(12-10-23)30(38)36(6)20-24-8-7-15-34-18-24;1-18-12-24(16-30-26(18)28)25(32)23-10-7-20(14-23)13-19-5-8-22(9-6-19)27(33)31(2)17-21-4-3-11-29-15-21;1-13-9-19(12-23-20(13)22)14(2)18-8-5-16(11-18)10-15-3-6-17(7-4-15)21(24)25;1-8-5-7-3-2-4-9-6-7;/h7-12,15-16,18-19,22,27-28H,13-14,17,20H2,1-6H3;3-6,8-9,11-12,15-16,20,23,25,32H,7,10,13-14,17H2,1-2H3;3-4,6-7,9,12,14,16,18H,5,8,10-11H2,1-2H3,(H,24,25);2-4,6,8H,5H2,1H3;1H2/t22-,27+,28-;20-,23-,25-;14-,16?,18-;;/m100../s1. The van der Waals surface area contributed by atoms with Gasteiger partial charge in [-0.2, -0.15) is 13.5 Å². The quantitative estimate of drug-likeness (QED) is 0.0571. The van der Waals surface area contributed by atoms with Crippen molar-refractivity contribution in [2.75, 3.05) is 21.1 Å². The fourth-order valence-corrected chi connectivity index (χ4v) is 15.1. The second kappa shape index (κ2) is 40.7. The van der Waals surface area contributed by atoms with Crippen molar-refractivity contribution in [1.29, 1.82) is 0 Å². The molecule has 9 aromatic rings. The summed E-state index contributed by atoms with van der Waals surface area (Å²) in [4.78, 5) is 80.6. The van der Waals surface area contributed by atoms with E-state index in [1.165, 1.54) is 41.5 Å². The van der Waals surface area contributed by atoms with E-state index >= 15 is 0 Å². The van der Waals surface area contributed by atoms with Gasteiger partial charge in [-0.15, -0.1) is 0 Å². The van der Waals surface area contributed by atoms with Gasteiger partial charge in [0.25, 0.3) is 11.8 Å². The number of aryl methyl sites for hydroxylation is 3. The molecule has 0 bridgehead atoms. The molecule has 1 aliphatic heterocycles. The topological polar surface area (TPSA) is 217 Å². The first kappa shape index (κ1) is 85.0. The number of carboxylic acids is 1. The number of aliphatic hydroxyl groups excluding tert-OH is 1. The minimum atomic E-state index is -0.867. The number of aromatic carboxylic acids is 1. The summed E-state index contributed by atoms with van der Waals surface area (Å²) in [7, 11) is 5.53. The first-order valence-corrected chi connectivity index (χ1v) is 38.2. The van der Waals surface area contributed by atoms with Crippen LogP contribution in [0.2, 0.25) is 15.5 Å². The number of benzene rings is 3. The zero-order valence-corrected chi connectivity index (χ0v) is 67.3. The molecule has 3 amide bonds. The normalized spacial score (nSPS) is 18.1. The number of carbonyl (C=O) groups excluding carboxylic acids is 3. The van der Waals surface area contributed by atoms with Crippen LogP contribution in [-0.2, 0) is 43.6 Å². The van der Waals surface area contributed by atoms with Gasteiger partial charge in [0, 0.05) is 119 Å². The van der Waals surface area contributed by atoms with Crippen molar-refractivity contribution in [2.45, 2.75) is 181 Å². The van der Waals surface area contributed by atoms with E-state index in [9.17, 15) is 24.3 Å². The number of carbonyl (C=O) groups is 4. The van der Waals surface area contributed by atoms with Crippen molar-refractivity contribution in [3.05, 3.63) is 282 Å². The van der Waals surface area contributed by atoms with Crippen molar-refractivity contribution in [1.82, 2.24) is 49.9 Å². The summed E-state index contributed by atoms with van der Waals surface area (Å²) >= 11 is 18.2. The van der Waals surface area contributed by atoms with Gasteiger partial charge < -0.3 is 35.0 Å². The number of likely N-dealkylation sites (tertiary alicyclic amines) is 1. The summed E-state index contributed by atoms with van der Waals surface area (Å²) in [5.41, 5.74) is 13.8. The van der Waals surface area contributed by atoms with Gasteiger partial charge in [-0.3, -0.25) is 24.5 Å². The molecule has 572 valence electrons. The highest BCUT2D eigenvalue weighted by molar-refractivity contribution is 7.59. The zero-order chi connectivity index (χ0) is 76.9. The molecule has 17 nitrogen and oxygen atoms in total. The van der Waals surface area contributed by atoms with Gasteiger partial charge in [0.15, 0.2) is 0 Å². The molecular weight excluding hydrogens is 1440 g/mol. The molecule has 3 aliphatic rings. The van der Waals surface area contributed by atoms with E-state index in [1.54, 1.807) is 66.2 Å². The molecule has 1 saturated heterocycles. The van der Waals surface area contributed by atoms with Gasteiger partial charge in [0.2, 0.25) is 0 Å². The van der Waals surface area contributed by atoms with Crippen LogP contribution < -0.4 is 5.32 Å². The Labute approximate surface area is 660 Å². The molecule has 0 radical (unpaired) electrons. The summed E-state index contributed by atoms with van der Waals surface area (Å²) in [6.07, 6.45) is 26.4. The van der Waals surface area contributed by atoms with Crippen LogP contribution in [0, 0.1) is 44.4 Å². The molecule has 0 spiro atoms. The van der Waals surface area contributed by atoms with Gasteiger partial charge in [-0.05, 0) is 276 Å². The molecule has 21 heteroatoms. The number of nitrogens with zero attached hydrogens (tertiary/aromatic N) is 9. The third kappa shape index (κ3) is 24.7. The number of carboxylic acid groups (broad SMARTS) is 1. The number of halogens is 3. The molecule has 3 aromatic carbocycles. The monoisotopic (exact) mass is 1540 g/mol. The third-order valence-corrected chi connectivity index (χ3v) is 21.9. The Balaban J connectivity index is 0.000000195. The molecular formula is C87H105Cl3N10O7S. The smallest absolute Gasteiger partial charge is 0.410 e. The summed E-state index contributed by atoms with van der Waals surface area (Å²) < 4.78 is 5.87. The predicted molar refractivity (Wildman–Crippen MR) is 435 cm³/mol. The number of rotatable bonds is 21. The summed E-state index contributed by atoms with van der Waals surface area (Å²) in [5, 5.41) is 24.4. The molecule has 7 heterocycles. The van der Waals surface area contributed by atoms with Crippen molar-refractivity contribution >= 4 is 72.2 Å². The Hall–Kier alpha value is -8.62. The van der Waals surface area contributed by atoms with E-state index < -0.39 is 17.7 Å². The van der Waals surface area contributed by atoms with Gasteiger partial charge in [0.05, 0.1) is 11.7 Å². The van der Waals surface area contributed by atoms with Crippen molar-refractivity contribution in [3.63, 3.8) is 0 Å². The van der Waals surface area contributed by atoms with Crippen LogP contribution in [0.4, 0.5) is 4.79 Å². The molecule has 2 saturated carbocycles. The number of amides is 3. The Kier molecular flexibility index (Phi) is 32.0. The summed E-state index contributed by atoms with van der Waals surface area (Å²) in [5.74, 6) is 1.75. The maximum atomic E-state index is 13.5. The van der Waals surface area contributed by atoms with Crippen LogP contribution in [-0.4, -0.2) is 118 Å². The second-order valence-corrected chi connectivity index (χ2v) is 31.2. The molecule has 3 N–H and O–H groups in total. The molecule has 108 heavy (non-hydrogen) atoms. The summed E-state index contributed by atoms with van der Waals surface area (Å²) in [6, 6.07) is 40.7. The van der Waals surface area contributed by atoms with E-state index in [2.05, 4.69) is 73.3 Å². The van der Waals surface area contributed by atoms with Crippen LogP contribution in [0.3, 0.4) is 0 Å². The SMILES string of the molecule is CNCc1cccnc1.Cc1cc([C@@H](C)[C@H]2CCC(Cc3ccc(C(=O)O)cc3)C2)cnc1Cl.Cc1cc([C@@H](C)[C@H]2CC[C@@H](Cc3ccc(C(=O)N(C)Cc4cccnc4)cc3)N2C(=O)OC(C)(C)C)cnc1Cl.Cc1cc([C@@H](O)[C@H]2CC[C@@H](Cc3ccc(C(=O)N(C)Cc4cccnc4)cc3)C2)cnc1Cl.S.